The second-order valence-corrected chi connectivity index (χ2v) is 6.89. The van der Waals surface area contributed by atoms with Gasteiger partial charge >= 0.3 is 0 Å². The van der Waals surface area contributed by atoms with Crippen LogP contribution in [-0.2, 0) is 9.47 Å². The van der Waals surface area contributed by atoms with Crippen molar-refractivity contribution in [3.8, 4) is 5.69 Å². The van der Waals surface area contributed by atoms with Crippen molar-refractivity contribution in [2.45, 2.75) is 49.0 Å². The van der Waals surface area contributed by atoms with Crippen molar-refractivity contribution >= 4 is 0 Å². The van der Waals surface area contributed by atoms with Gasteiger partial charge in [0.25, 0.3) is 0 Å². The molecule has 0 aliphatic carbocycles. The molecule has 1 aromatic heterocycles. The van der Waals surface area contributed by atoms with Gasteiger partial charge in [0, 0.05) is 0 Å². The van der Waals surface area contributed by atoms with E-state index in [4.69, 9.17) is 9.47 Å². The molecule has 166 valence electrons. The fourth-order valence-electron chi connectivity index (χ4n) is 3.08. The first kappa shape index (κ1) is 22.7. The van der Waals surface area contributed by atoms with Crippen LogP contribution in [-0.4, -0.2) is 107 Å². The summed E-state index contributed by atoms with van der Waals surface area (Å²) in [5.74, 6) is 0. The summed E-state index contributed by atoms with van der Waals surface area (Å²) in [5, 5.41) is 77.5. The van der Waals surface area contributed by atoms with E-state index in [1.807, 2.05) is 6.07 Å². The molecule has 12 heteroatoms. The van der Waals surface area contributed by atoms with Crippen LogP contribution in [0.3, 0.4) is 0 Å². The van der Waals surface area contributed by atoms with Gasteiger partial charge in [-0.2, -0.15) is 15.0 Å². The van der Waals surface area contributed by atoms with Crippen molar-refractivity contribution in [3.05, 3.63) is 42.2 Å². The smallest absolute Gasteiger partial charge is 0.187 e. The fraction of sp³-hybridized carbons (Fsp3) is 0.556. The molecule has 7 N–H and O–H groups in total. The molecule has 12 nitrogen and oxygen atoms in total. The molecule has 8 atom stereocenters. The number of hydrogen-bond donors (Lipinski definition) is 7. The molecule has 1 aromatic carbocycles. The third kappa shape index (κ3) is 4.67. The minimum atomic E-state index is -1.75. The van der Waals surface area contributed by atoms with Crippen LogP contribution in [0.4, 0.5) is 0 Å². The van der Waals surface area contributed by atoms with Gasteiger partial charge in [-0.05, 0) is 12.1 Å². The van der Waals surface area contributed by atoms with Gasteiger partial charge in [-0.25, -0.2) is 0 Å². The highest BCUT2D eigenvalue weighted by molar-refractivity contribution is 5.28. The Hall–Kier alpha value is -2.00. The minimum Gasteiger partial charge on any atom is -0.394 e. The Morgan fingerprint density at radius 2 is 1.73 bits per heavy atom. The molecule has 0 amide bonds. The molecule has 1 fully saturated rings. The van der Waals surface area contributed by atoms with Crippen molar-refractivity contribution in [1.82, 2.24) is 15.0 Å². The molecule has 3 rings (SSSR count). The third-order valence-electron chi connectivity index (χ3n) is 4.82. The zero-order valence-electron chi connectivity index (χ0n) is 15.8. The maximum Gasteiger partial charge on any atom is 0.187 e. The van der Waals surface area contributed by atoms with Gasteiger partial charge in [0.15, 0.2) is 6.29 Å². The molecule has 0 spiro atoms. The molecule has 30 heavy (non-hydrogen) atoms. The van der Waals surface area contributed by atoms with Gasteiger partial charge in [0.2, 0.25) is 0 Å². The lowest BCUT2D eigenvalue weighted by atomic mass is 9.99. The van der Waals surface area contributed by atoms with Crippen molar-refractivity contribution in [2.24, 2.45) is 0 Å². The molecule has 1 aliphatic heterocycles. The first-order valence-corrected chi connectivity index (χ1v) is 9.28. The molecule has 2 heterocycles. The number of benzene rings is 1. The Morgan fingerprint density at radius 1 is 1.03 bits per heavy atom. The van der Waals surface area contributed by atoms with Crippen LogP contribution in [0.25, 0.3) is 5.69 Å². The average molecular weight is 427 g/mol. The molecular weight excluding hydrogens is 402 g/mol. The van der Waals surface area contributed by atoms with E-state index in [9.17, 15) is 35.7 Å². The summed E-state index contributed by atoms with van der Waals surface area (Å²) >= 11 is 0. The van der Waals surface area contributed by atoms with Crippen molar-refractivity contribution in [1.29, 1.82) is 0 Å². The van der Waals surface area contributed by atoms with Crippen LogP contribution >= 0.6 is 0 Å². The van der Waals surface area contributed by atoms with Gasteiger partial charge in [-0.3, -0.25) is 0 Å². The average Bonchev–Trinajstić information content (AvgIpc) is 3.27. The van der Waals surface area contributed by atoms with E-state index >= 15 is 0 Å². The predicted molar refractivity (Wildman–Crippen MR) is 98.1 cm³/mol. The number of aliphatic hydroxyl groups excluding tert-OH is 7. The van der Waals surface area contributed by atoms with Gasteiger partial charge in [0.1, 0.15) is 48.4 Å². The third-order valence-corrected chi connectivity index (χ3v) is 4.82. The molecule has 1 aliphatic rings. The molecular formula is C18H25N3O9. The lowest BCUT2D eigenvalue weighted by Gasteiger charge is -2.41. The first-order chi connectivity index (χ1) is 14.4. The zero-order chi connectivity index (χ0) is 21.8. The second-order valence-electron chi connectivity index (χ2n) is 6.89. The normalized spacial score (nSPS) is 30.0. The number of ether oxygens (including phenoxy) is 2. The van der Waals surface area contributed by atoms with Crippen molar-refractivity contribution in [3.63, 3.8) is 0 Å². The lowest BCUT2D eigenvalue weighted by molar-refractivity contribution is -0.325. The number of rotatable bonds is 8. The van der Waals surface area contributed by atoms with Crippen LogP contribution in [0, 0.1) is 0 Å². The van der Waals surface area contributed by atoms with E-state index in [1.54, 1.807) is 24.3 Å². The van der Waals surface area contributed by atoms with Crippen LogP contribution < -0.4 is 0 Å². The minimum absolute atomic E-state index is 0.000874. The molecule has 1 saturated heterocycles. The molecule has 0 radical (unpaired) electrons. The van der Waals surface area contributed by atoms with E-state index in [1.165, 1.54) is 11.0 Å². The van der Waals surface area contributed by atoms with Crippen LogP contribution in [0.15, 0.2) is 36.5 Å². The summed E-state index contributed by atoms with van der Waals surface area (Å²) in [4.78, 5) is 1.24. The number of aromatic nitrogens is 3. The topological polar surface area (TPSA) is 191 Å². The number of aliphatic hydroxyl groups is 7. The summed E-state index contributed by atoms with van der Waals surface area (Å²) in [6.07, 6.45) is -11.4. The summed E-state index contributed by atoms with van der Waals surface area (Å²) in [7, 11) is 0. The summed E-state index contributed by atoms with van der Waals surface area (Å²) < 4.78 is 10.7. The standard InChI is InChI=1S/C18H25N3O9/c22-7-11(24)17(30-18-16(28)15(27)14(26)12(8-23)29-18)13(25)10-6-19-21(20-10)9-4-2-1-3-5-9/h1-6,11-18,22-28H,7-8H2/t11-,12+,13-,14+,15-,16+,17-,18-/m1/s1. The van der Waals surface area contributed by atoms with E-state index in [0.29, 0.717) is 5.69 Å². The Bertz CT molecular complexity index is 790. The Morgan fingerprint density at radius 3 is 2.37 bits per heavy atom. The SMILES string of the molecule is OC[C@@H](O)[C@@H](O[C@H]1O[C@@H](CO)[C@H](O)[C@@H](O)[C@@H]1O)[C@H](O)c1cnn(-c2ccccc2)n1. The maximum atomic E-state index is 10.7. The van der Waals surface area contributed by atoms with E-state index in [-0.39, 0.29) is 5.69 Å². The molecule has 0 bridgehead atoms. The van der Waals surface area contributed by atoms with Crippen molar-refractivity contribution in [2.75, 3.05) is 13.2 Å². The van der Waals surface area contributed by atoms with Gasteiger partial charge in [0.05, 0.1) is 25.1 Å². The quantitative estimate of drug-likeness (QED) is 0.225. The summed E-state index contributed by atoms with van der Waals surface area (Å²) in [6.45, 7) is -1.47. The molecule has 2 aromatic rings. The largest absolute Gasteiger partial charge is 0.394 e. The van der Waals surface area contributed by atoms with Crippen LogP contribution in [0.5, 0.6) is 0 Å². The van der Waals surface area contributed by atoms with Crippen LogP contribution in [0.2, 0.25) is 0 Å². The van der Waals surface area contributed by atoms with Crippen molar-refractivity contribution < 1.29 is 45.2 Å². The number of nitrogens with zero attached hydrogens (tertiary/aromatic N) is 3. The molecule has 0 saturated carbocycles. The number of para-hydroxylation sites is 1. The van der Waals surface area contributed by atoms with E-state index in [2.05, 4.69) is 10.2 Å². The summed E-state index contributed by atoms with van der Waals surface area (Å²) in [6, 6.07) is 8.83. The highest BCUT2D eigenvalue weighted by Gasteiger charge is 2.46. The second kappa shape index (κ2) is 9.87. The van der Waals surface area contributed by atoms with E-state index < -0.39 is 62.2 Å². The molecule has 0 unspecified atom stereocenters. The monoisotopic (exact) mass is 427 g/mol. The maximum absolute atomic E-state index is 10.7. The Kier molecular flexibility index (Phi) is 7.46. The summed E-state index contributed by atoms with van der Waals surface area (Å²) in [5.41, 5.74) is 0.617. The zero-order valence-corrected chi connectivity index (χ0v) is 15.8. The Labute approximate surface area is 171 Å². The fourth-order valence-corrected chi connectivity index (χ4v) is 3.08. The Balaban J connectivity index is 1.80. The van der Waals surface area contributed by atoms with E-state index in [0.717, 1.165) is 0 Å². The highest BCUT2D eigenvalue weighted by atomic mass is 16.7. The predicted octanol–water partition coefficient (Wildman–Crippen LogP) is -3.16. The number of hydrogen-bond acceptors (Lipinski definition) is 11. The first-order valence-electron chi connectivity index (χ1n) is 9.28. The lowest BCUT2D eigenvalue weighted by Crippen LogP contribution is -2.60. The highest BCUT2D eigenvalue weighted by Crippen LogP contribution is 2.28. The van der Waals surface area contributed by atoms with Gasteiger partial charge in [-0.1, -0.05) is 18.2 Å². The van der Waals surface area contributed by atoms with Gasteiger partial charge in [-0.15, -0.1) is 0 Å². The van der Waals surface area contributed by atoms with Crippen LogP contribution in [0.1, 0.15) is 11.8 Å². The van der Waals surface area contributed by atoms with Gasteiger partial charge < -0.3 is 45.2 Å².